The summed E-state index contributed by atoms with van der Waals surface area (Å²) in [6.45, 7) is 2.78. The second-order valence-corrected chi connectivity index (χ2v) is 3.31. The second-order valence-electron chi connectivity index (χ2n) is 3.31. The maximum absolute atomic E-state index is 5.43. The lowest BCUT2D eigenvalue weighted by Crippen LogP contribution is -1.97. The molecule has 0 radical (unpaired) electrons. The van der Waals surface area contributed by atoms with E-state index in [9.17, 15) is 0 Å². The first-order chi connectivity index (χ1) is 7.38. The highest BCUT2D eigenvalue weighted by Crippen LogP contribution is 2.11. The molecule has 1 aromatic heterocycles. The van der Waals surface area contributed by atoms with Gasteiger partial charge < -0.3 is 9.73 Å². The Balaban J connectivity index is 1.93. The molecule has 0 unspecified atom stereocenters. The third-order valence-electron chi connectivity index (χ3n) is 2.17. The molecule has 1 heterocycles. The fraction of sp³-hybridized carbons (Fsp3) is 0.250. The monoisotopic (exact) mass is 202 g/mol. The van der Waals surface area contributed by atoms with Gasteiger partial charge in [0.25, 0.3) is 0 Å². The van der Waals surface area contributed by atoms with Crippen LogP contribution in [0.3, 0.4) is 0 Å². The summed E-state index contributed by atoms with van der Waals surface area (Å²) < 4.78 is 5.43. The Morgan fingerprint density at radius 3 is 2.73 bits per heavy atom. The third-order valence-corrected chi connectivity index (χ3v) is 2.17. The summed E-state index contributed by atoms with van der Waals surface area (Å²) in [5.41, 5.74) is 1.23. The average molecular weight is 202 g/mol. The molecule has 0 saturated carbocycles. The Morgan fingerprint density at radius 1 is 1.27 bits per heavy atom. The van der Waals surface area contributed by atoms with E-state index in [2.05, 4.69) is 22.4 Å². The number of hydrogen-bond donors (Lipinski definition) is 1. The summed E-state index contributed by atoms with van der Waals surface area (Å²) in [6, 6.07) is 10.2. The molecule has 0 aliphatic rings. The van der Waals surface area contributed by atoms with Gasteiger partial charge >= 0.3 is 0 Å². The zero-order chi connectivity index (χ0) is 10.5. The standard InChI is InChI=1S/C12H14N2O/c1-2-11-14-9-12(15-11)13-8-10-6-4-3-5-7-10/h3-7,9,13H,2,8H2,1H3. The van der Waals surface area contributed by atoms with E-state index in [0.717, 1.165) is 24.7 Å². The molecule has 3 nitrogen and oxygen atoms in total. The van der Waals surface area contributed by atoms with Crippen molar-refractivity contribution in [3.05, 3.63) is 48.0 Å². The van der Waals surface area contributed by atoms with E-state index in [4.69, 9.17) is 4.42 Å². The van der Waals surface area contributed by atoms with E-state index in [1.165, 1.54) is 5.56 Å². The molecule has 0 bridgehead atoms. The molecule has 0 spiro atoms. The number of benzene rings is 1. The quantitative estimate of drug-likeness (QED) is 0.828. The van der Waals surface area contributed by atoms with Crippen LogP contribution in [0.1, 0.15) is 18.4 Å². The van der Waals surface area contributed by atoms with E-state index < -0.39 is 0 Å². The van der Waals surface area contributed by atoms with Crippen molar-refractivity contribution >= 4 is 5.88 Å². The van der Waals surface area contributed by atoms with Crippen molar-refractivity contribution in [1.29, 1.82) is 0 Å². The molecule has 2 rings (SSSR count). The van der Waals surface area contributed by atoms with Crippen molar-refractivity contribution in [2.75, 3.05) is 5.32 Å². The fourth-order valence-electron chi connectivity index (χ4n) is 1.34. The average Bonchev–Trinajstić information content (AvgIpc) is 2.76. The lowest BCUT2D eigenvalue weighted by atomic mass is 10.2. The number of aryl methyl sites for hydroxylation is 1. The van der Waals surface area contributed by atoms with Crippen LogP contribution in [0.5, 0.6) is 0 Å². The van der Waals surface area contributed by atoms with Crippen molar-refractivity contribution in [2.45, 2.75) is 19.9 Å². The maximum atomic E-state index is 5.43. The summed E-state index contributed by atoms with van der Waals surface area (Å²) in [4.78, 5) is 4.12. The van der Waals surface area contributed by atoms with Crippen molar-refractivity contribution in [3.63, 3.8) is 0 Å². The maximum Gasteiger partial charge on any atom is 0.213 e. The fourth-order valence-corrected chi connectivity index (χ4v) is 1.34. The lowest BCUT2D eigenvalue weighted by Gasteiger charge is -2.01. The summed E-state index contributed by atoms with van der Waals surface area (Å²) in [5, 5.41) is 3.19. The highest BCUT2D eigenvalue weighted by Gasteiger charge is 2.00. The molecule has 0 amide bonds. The lowest BCUT2D eigenvalue weighted by molar-refractivity contribution is 0.512. The van der Waals surface area contributed by atoms with Crippen molar-refractivity contribution < 1.29 is 4.42 Å². The van der Waals surface area contributed by atoms with Gasteiger partial charge in [-0.05, 0) is 5.56 Å². The van der Waals surface area contributed by atoms with Gasteiger partial charge in [-0.25, -0.2) is 4.98 Å². The molecule has 0 atom stereocenters. The third kappa shape index (κ3) is 2.59. The largest absolute Gasteiger partial charge is 0.425 e. The van der Waals surface area contributed by atoms with Crippen LogP contribution in [-0.4, -0.2) is 4.98 Å². The number of nitrogens with one attached hydrogen (secondary N) is 1. The van der Waals surface area contributed by atoms with Crippen LogP contribution in [0.25, 0.3) is 0 Å². The minimum atomic E-state index is 0.732. The van der Waals surface area contributed by atoms with Gasteiger partial charge in [0.05, 0.1) is 6.20 Å². The molecule has 0 fully saturated rings. The zero-order valence-corrected chi connectivity index (χ0v) is 8.73. The van der Waals surface area contributed by atoms with Gasteiger partial charge in [0, 0.05) is 13.0 Å². The minimum absolute atomic E-state index is 0.732. The van der Waals surface area contributed by atoms with Gasteiger partial charge in [-0.3, -0.25) is 0 Å². The van der Waals surface area contributed by atoms with Crippen molar-refractivity contribution in [2.24, 2.45) is 0 Å². The van der Waals surface area contributed by atoms with Gasteiger partial charge in [0.2, 0.25) is 5.88 Å². The summed E-state index contributed by atoms with van der Waals surface area (Å²) in [6.07, 6.45) is 2.55. The molecule has 0 saturated heterocycles. The molecular weight excluding hydrogens is 188 g/mol. The van der Waals surface area contributed by atoms with Crippen LogP contribution in [0, 0.1) is 0 Å². The van der Waals surface area contributed by atoms with Crippen LogP contribution in [-0.2, 0) is 13.0 Å². The number of hydrogen-bond acceptors (Lipinski definition) is 3. The predicted molar refractivity (Wildman–Crippen MR) is 59.6 cm³/mol. The Labute approximate surface area is 89.1 Å². The van der Waals surface area contributed by atoms with Crippen molar-refractivity contribution in [3.8, 4) is 0 Å². The molecule has 0 aliphatic heterocycles. The first-order valence-electron chi connectivity index (χ1n) is 5.11. The predicted octanol–water partition coefficient (Wildman–Crippen LogP) is 2.85. The number of nitrogens with zero attached hydrogens (tertiary/aromatic N) is 1. The number of oxazole rings is 1. The first kappa shape index (κ1) is 9.77. The van der Waals surface area contributed by atoms with Gasteiger partial charge in [-0.1, -0.05) is 37.3 Å². The molecular formula is C12H14N2O. The Kier molecular flexibility index (Phi) is 3.02. The SMILES string of the molecule is CCc1ncc(NCc2ccccc2)o1. The van der Waals surface area contributed by atoms with E-state index in [1.54, 1.807) is 6.20 Å². The Hall–Kier alpha value is -1.77. The van der Waals surface area contributed by atoms with E-state index in [-0.39, 0.29) is 0 Å². The molecule has 1 N–H and O–H groups in total. The van der Waals surface area contributed by atoms with Gasteiger partial charge in [0.15, 0.2) is 5.89 Å². The number of aromatic nitrogens is 1. The van der Waals surface area contributed by atoms with Gasteiger partial charge in [0.1, 0.15) is 0 Å². The Bertz CT molecular complexity index is 409. The van der Waals surface area contributed by atoms with E-state index in [1.807, 2.05) is 25.1 Å². The number of anilines is 1. The van der Waals surface area contributed by atoms with Crippen LogP contribution in [0.2, 0.25) is 0 Å². The van der Waals surface area contributed by atoms with Crippen LogP contribution >= 0.6 is 0 Å². The summed E-state index contributed by atoms with van der Waals surface area (Å²) in [7, 11) is 0. The molecule has 0 aliphatic carbocycles. The molecule has 2 aromatic rings. The van der Waals surface area contributed by atoms with Crippen molar-refractivity contribution in [1.82, 2.24) is 4.98 Å². The molecule has 1 aromatic carbocycles. The number of rotatable bonds is 4. The smallest absolute Gasteiger partial charge is 0.213 e. The van der Waals surface area contributed by atoms with Gasteiger partial charge in [-0.2, -0.15) is 0 Å². The highest BCUT2D eigenvalue weighted by atomic mass is 16.4. The normalized spacial score (nSPS) is 10.2. The van der Waals surface area contributed by atoms with Crippen LogP contribution < -0.4 is 5.32 Å². The van der Waals surface area contributed by atoms with E-state index in [0.29, 0.717) is 0 Å². The summed E-state index contributed by atoms with van der Waals surface area (Å²) in [5.74, 6) is 1.50. The van der Waals surface area contributed by atoms with Crippen LogP contribution in [0.4, 0.5) is 5.88 Å². The molecule has 78 valence electrons. The van der Waals surface area contributed by atoms with E-state index >= 15 is 0 Å². The van der Waals surface area contributed by atoms with Gasteiger partial charge in [-0.15, -0.1) is 0 Å². The highest BCUT2D eigenvalue weighted by molar-refractivity contribution is 5.29. The first-order valence-corrected chi connectivity index (χ1v) is 5.11. The molecule has 3 heteroatoms. The topological polar surface area (TPSA) is 38.1 Å². The summed E-state index contributed by atoms with van der Waals surface area (Å²) >= 11 is 0. The zero-order valence-electron chi connectivity index (χ0n) is 8.73. The van der Waals surface area contributed by atoms with Crippen LogP contribution in [0.15, 0.2) is 40.9 Å². The molecule has 15 heavy (non-hydrogen) atoms. The second kappa shape index (κ2) is 4.64. The minimum Gasteiger partial charge on any atom is -0.425 e. The Morgan fingerprint density at radius 2 is 2.07 bits per heavy atom.